The van der Waals surface area contributed by atoms with Gasteiger partial charge < -0.3 is 15.5 Å². The molecule has 0 saturated carbocycles. The van der Waals surface area contributed by atoms with Crippen molar-refractivity contribution in [2.24, 2.45) is 0 Å². The van der Waals surface area contributed by atoms with Gasteiger partial charge in [0, 0.05) is 11.3 Å². The maximum Gasteiger partial charge on any atom is 0.229 e. The van der Waals surface area contributed by atoms with Crippen molar-refractivity contribution in [3.05, 3.63) is 70.9 Å². The lowest BCUT2D eigenvalue weighted by Crippen LogP contribution is -2.29. The third-order valence-corrected chi connectivity index (χ3v) is 5.94. The Labute approximate surface area is 187 Å². The van der Waals surface area contributed by atoms with Gasteiger partial charge in [0.25, 0.3) is 0 Å². The first kappa shape index (κ1) is 21.3. The summed E-state index contributed by atoms with van der Waals surface area (Å²) < 4.78 is 0. The molecule has 7 heteroatoms. The Bertz CT molecular complexity index is 1060. The number of carbonyl (C=O) groups is 1. The number of nitrogens with zero attached hydrogens (tertiary/aromatic N) is 3. The summed E-state index contributed by atoms with van der Waals surface area (Å²) in [7, 11) is 2.18. The van der Waals surface area contributed by atoms with Crippen LogP contribution in [0.25, 0.3) is 0 Å². The third-order valence-electron chi connectivity index (χ3n) is 5.66. The van der Waals surface area contributed by atoms with Crippen LogP contribution in [0.5, 0.6) is 0 Å². The van der Waals surface area contributed by atoms with Gasteiger partial charge in [-0.05, 0) is 75.6 Å². The Hall–Kier alpha value is -2.96. The van der Waals surface area contributed by atoms with E-state index >= 15 is 0 Å². The maximum atomic E-state index is 11.9. The number of benzene rings is 2. The highest BCUT2D eigenvalue weighted by atomic mass is 35.5. The van der Waals surface area contributed by atoms with Crippen LogP contribution in [0.2, 0.25) is 5.02 Å². The number of carbonyl (C=O) groups excluding carboxylic acids is 1. The molecule has 31 heavy (non-hydrogen) atoms. The molecule has 1 aliphatic rings. The van der Waals surface area contributed by atoms with Gasteiger partial charge in [0.15, 0.2) is 11.6 Å². The van der Waals surface area contributed by atoms with Crippen LogP contribution in [0.4, 0.5) is 23.1 Å². The predicted molar refractivity (Wildman–Crippen MR) is 126 cm³/mol. The molecule has 6 nitrogen and oxygen atoms in total. The fourth-order valence-corrected chi connectivity index (χ4v) is 3.99. The van der Waals surface area contributed by atoms with Gasteiger partial charge in [-0.2, -0.15) is 4.98 Å². The van der Waals surface area contributed by atoms with Crippen LogP contribution in [-0.2, 0) is 0 Å². The minimum atomic E-state index is -0.0312. The lowest BCUT2D eigenvalue weighted by Gasteiger charge is -2.29. The van der Waals surface area contributed by atoms with Crippen molar-refractivity contribution in [2.45, 2.75) is 25.7 Å². The number of nitrogens with one attached hydrogen (secondary N) is 2. The van der Waals surface area contributed by atoms with E-state index in [0.717, 1.165) is 18.8 Å². The fraction of sp³-hybridized carbons (Fsp3) is 0.292. The Morgan fingerprint density at radius 3 is 2.48 bits per heavy atom. The molecule has 0 atom stereocenters. The Morgan fingerprint density at radius 2 is 1.77 bits per heavy atom. The summed E-state index contributed by atoms with van der Waals surface area (Å²) in [6.07, 6.45) is 3.93. The zero-order valence-corrected chi connectivity index (χ0v) is 18.5. The number of ketones is 1. The molecule has 160 valence electrons. The Morgan fingerprint density at radius 1 is 1.06 bits per heavy atom. The number of para-hydroxylation sites is 1. The van der Waals surface area contributed by atoms with Crippen LogP contribution >= 0.6 is 11.6 Å². The first-order chi connectivity index (χ1) is 15.0. The largest absolute Gasteiger partial charge is 0.338 e. The summed E-state index contributed by atoms with van der Waals surface area (Å²) in [5, 5.41) is 6.77. The quantitative estimate of drug-likeness (QED) is 0.489. The topological polar surface area (TPSA) is 70.2 Å². The monoisotopic (exact) mass is 435 g/mol. The molecule has 0 amide bonds. The van der Waals surface area contributed by atoms with E-state index in [1.165, 1.54) is 25.3 Å². The molecule has 4 rings (SSSR count). The molecule has 0 aliphatic carbocycles. The van der Waals surface area contributed by atoms with E-state index in [2.05, 4.69) is 56.8 Å². The predicted octanol–water partition coefficient (Wildman–Crippen LogP) is 5.63. The van der Waals surface area contributed by atoms with Gasteiger partial charge in [-0.3, -0.25) is 4.79 Å². The second-order valence-corrected chi connectivity index (χ2v) is 8.35. The van der Waals surface area contributed by atoms with Crippen molar-refractivity contribution in [1.82, 2.24) is 14.9 Å². The van der Waals surface area contributed by atoms with Gasteiger partial charge in [-0.1, -0.05) is 35.9 Å². The van der Waals surface area contributed by atoms with Gasteiger partial charge in [0.05, 0.1) is 11.9 Å². The highest BCUT2D eigenvalue weighted by molar-refractivity contribution is 6.33. The van der Waals surface area contributed by atoms with Crippen molar-refractivity contribution in [2.75, 3.05) is 30.8 Å². The van der Waals surface area contributed by atoms with E-state index in [0.29, 0.717) is 34.0 Å². The number of hydrogen-bond acceptors (Lipinski definition) is 6. The minimum Gasteiger partial charge on any atom is -0.338 e. The molecule has 0 bridgehead atoms. The number of aromatic nitrogens is 2. The van der Waals surface area contributed by atoms with Gasteiger partial charge in [-0.15, -0.1) is 0 Å². The summed E-state index contributed by atoms with van der Waals surface area (Å²) in [5.74, 6) is 1.46. The molecule has 3 aromatic rings. The van der Waals surface area contributed by atoms with Crippen LogP contribution in [-0.4, -0.2) is 40.8 Å². The van der Waals surface area contributed by atoms with Crippen LogP contribution < -0.4 is 10.6 Å². The molecule has 1 fully saturated rings. The zero-order valence-electron chi connectivity index (χ0n) is 17.7. The Kier molecular flexibility index (Phi) is 6.49. The van der Waals surface area contributed by atoms with E-state index in [-0.39, 0.29) is 5.78 Å². The van der Waals surface area contributed by atoms with Crippen LogP contribution in [0, 0.1) is 0 Å². The molecular formula is C24H26ClN5O. The minimum absolute atomic E-state index is 0.0312. The van der Waals surface area contributed by atoms with Crippen LogP contribution in [0.15, 0.2) is 54.7 Å². The number of Topliss-reactive ketones (excluding diaryl/α,β-unsaturated/α-hetero) is 1. The number of hydrogen-bond donors (Lipinski definition) is 2. The van der Waals surface area contributed by atoms with Crippen molar-refractivity contribution in [3.8, 4) is 0 Å². The first-order valence-electron chi connectivity index (χ1n) is 10.4. The average Bonchev–Trinajstić information content (AvgIpc) is 2.77. The van der Waals surface area contributed by atoms with Gasteiger partial charge in [-0.25, -0.2) is 4.98 Å². The van der Waals surface area contributed by atoms with Crippen molar-refractivity contribution in [1.29, 1.82) is 0 Å². The van der Waals surface area contributed by atoms with Gasteiger partial charge >= 0.3 is 0 Å². The average molecular weight is 436 g/mol. The summed E-state index contributed by atoms with van der Waals surface area (Å²) >= 11 is 6.29. The summed E-state index contributed by atoms with van der Waals surface area (Å²) in [6, 6.07) is 15.7. The standard InChI is InChI=1S/C24H26ClN5O/c1-16(31)20-5-3-4-6-22(20)28-23-21(25)15-26-24(29-23)27-19-9-7-17(8-10-19)18-11-13-30(2)14-12-18/h3-10,15,18H,11-14H2,1-2H3,(H2,26,27,28,29). The number of likely N-dealkylation sites (tertiary alicyclic amines) is 1. The number of rotatable bonds is 6. The first-order valence-corrected chi connectivity index (χ1v) is 10.8. The molecule has 2 heterocycles. The molecule has 1 saturated heterocycles. The van der Waals surface area contributed by atoms with Gasteiger partial charge in [0.2, 0.25) is 5.95 Å². The second kappa shape index (κ2) is 9.45. The number of piperidine rings is 1. The lowest BCUT2D eigenvalue weighted by atomic mass is 9.89. The maximum absolute atomic E-state index is 11.9. The van der Waals surface area contributed by atoms with E-state index in [1.54, 1.807) is 12.3 Å². The number of halogens is 1. The zero-order chi connectivity index (χ0) is 21.8. The fourth-order valence-electron chi connectivity index (χ4n) is 3.85. The van der Waals surface area contributed by atoms with E-state index in [1.807, 2.05) is 18.2 Å². The smallest absolute Gasteiger partial charge is 0.229 e. The summed E-state index contributed by atoms with van der Waals surface area (Å²) in [4.78, 5) is 23.1. The Balaban J connectivity index is 1.48. The highest BCUT2D eigenvalue weighted by Gasteiger charge is 2.18. The van der Waals surface area contributed by atoms with E-state index in [4.69, 9.17) is 11.6 Å². The lowest BCUT2D eigenvalue weighted by molar-refractivity contribution is 0.101. The normalized spacial score (nSPS) is 14.9. The molecule has 1 aromatic heterocycles. The summed E-state index contributed by atoms with van der Waals surface area (Å²) in [5.41, 5.74) is 3.52. The molecule has 0 unspecified atom stereocenters. The molecule has 2 aromatic carbocycles. The number of anilines is 4. The highest BCUT2D eigenvalue weighted by Crippen LogP contribution is 2.30. The van der Waals surface area contributed by atoms with Crippen molar-refractivity contribution in [3.63, 3.8) is 0 Å². The molecule has 2 N–H and O–H groups in total. The second-order valence-electron chi connectivity index (χ2n) is 7.94. The molecular weight excluding hydrogens is 410 g/mol. The van der Waals surface area contributed by atoms with Crippen molar-refractivity contribution >= 4 is 40.5 Å². The van der Waals surface area contributed by atoms with Crippen LogP contribution in [0.1, 0.15) is 41.6 Å². The summed E-state index contributed by atoms with van der Waals surface area (Å²) in [6.45, 7) is 3.82. The third kappa shape index (κ3) is 5.21. The SMILES string of the molecule is CC(=O)c1ccccc1Nc1nc(Nc2ccc(C3CCN(C)CC3)cc2)ncc1Cl. The van der Waals surface area contributed by atoms with E-state index in [9.17, 15) is 4.79 Å². The molecule has 1 aliphatic heterocycles. The van der Waals surface area contributed by atoms with Crippen molar-refractivity contribution < 1.29 is 4.79 Å². The van der Waals surface area contributed by atoms with Crippen LogP contribution in [0.3, 0.4) is 0 Å². The molecule has 0 spiro atoms. The van der Waals surface area contributed by atoms with E-state index < -0.39 is 0 Å². The molecule has 0 radical (unpaired) electrons. The van der Waals surface area contributed by atoms with Gasteiger partial charge in [0.1, 0.15) is 5.02 Å².